The van der Waals surface area contributed by atoms with E-state index in [9.17, 15) is 9.59 Å². The quantitative estimate of drug-likeness (QED) is 0.737. The Kier molecular flexibility index (Phi) is 4.45. The zero-order valence-electron chi connectivity index (χ0n) is 12.3. The van der Waals surface area contributed by atoms with Crippen molar-refractivity contribution in [2.75, 3.05) is 0 Å². The van der Waals surface area contributed by atoms with E-state index in [0.29, 0.717) is 26.3 Å². The molecule has 0 atom stereocenters. The SMILES string of the molecule is Cc1c(C=Cc2ccc(Cl)c(Cl)c2)nc2sc(C(=O)O)cn2c1=O. The van der Waals surface area contributed by atoms with Crippen LogP contribution in [0.1, 0.15) is 26.5 Å². The molecule has 3 aromatic rings. The van der Waals surface area contributed by atoms with E-state index < -0.39 is 5.97 Å². The summed E-state index contributed by atoms with van der Waals surface area (Å²) in [4.78, 5) is 28.2. The van der Waals surface area contributed by atoms with Crippen molar-refractivity contribution in [1.82, 2.24) is 9.38 Å². The number of halogens is 2. The second-order valence-corrected chi connectivity index (χ2v) is 6.81. The average molecular weight is 381 g/mol. The molecule has 1 aromatic carbocycles. The maximum absolute atomic E-state index is 12.4. The van der Waals surface area contributed by atoms with Gasteiger partial charge < -0.3 is 5.11 Å². The van der Waals surface area contributed by atoms with E-state index in [1.807, 2.05) is 0 Å². The molecule has 2 heterocycles. The molecule has 24 heavy (non-hydrogen) atoms. The molecular formula is C16H10Cl2N2O3S. The molecule has 122 valence electrons. The van der Waals surface area contributed by atoms with Crippen molar-refractivity contribution in [2.24, 2.45) is 0 Å². The normalized spacial score (nSPS) is 11.5. The number of hydrogen-bond donors (Lipinski definition) is 1. The molecule has 0 saturated carbocycles. The third-order valence-electron chi connectivity index (χ3n) is 3.38. The number of hydrogen-bond acceptors (Lipinski definition) is 4. The fraction of sp³-hybridized carbons (Fsp3) is 0.0625. The summed E-state index contributed by atoms with van der Waals surface area (Å²) >= 11 is 12.8. The minimum absolute atomic E-state index is 0.0598. The van der Waals surface area contributed by atoms with Gasteiger partial charge in [0.15, 0.2) is 4.96 Å². The van der Waals surface area contributed by atoms with Crippen molar-refractivity contribution in [2.45, 2.75) is 6.92 Å². The van der Waals surface area contributed by atoms with Crippen LogP contribution in [-0.4, -0.2) is 20.5 Å². The smallest absolute Gasteiger partial charge is 0.347 e. The van der Waals surface area contributed by atoms with Crippen molar-refractivity contribution in [3.63, 3.8) is 0 Å². The predicted molar refractivity (Wildman–Crippen MR) is 96.4 cm³/mol. The van der Waals surface area contributed by atoms with Crippen molar-refractivity contribution in [3.8, 4) is 0 Å². The summed E-state index contributed by atoms with van der Waals surface area (Å²) in [7, 11) is 0. The lowest BCUT2D eigenvalue weighted by Gasteiger charge is -2.01. The first-order valence-electron chi connectivity index (χ1n) is 6.76. The van der Waals surface area contributed by atoms with E-state index in [2.05, 4.69) is 4.98 Å². The van der Waals surface area contributed by atoms with Gasteiger partial charge >= 0.3 is 5.97 Å². The number of rotatable bonds is 3. The Labute approximate surface area is 150 Å². The van der Waals surface area contributed by atoms with E-state index in [0.717, 1.165) is 16.9 Å². The number of aromatic nitrogens is 2. The van der Waals surface area contributed by atoms with Crippen LogP contribution in [-0.2, 0) is 0 Å². The molecule has 3 rings (SSSR count). The zero-order chi connectivity index (χ0) is 17.4. The number of carboxylic acid groups (broad SMARTS) is 1. The van der Waals surface area contributed by atoms with Crippen LogP contribution < -0.4 is 5.56 Å². The third kappa shape index (κ3) is 3.08. The summed E-state index contributed by atoms with van der Waals surface area (Å²) in [6, 6.07) is 5.17. The third-order valence-corrected chi connectivity index (χ3v) is 5.09. The number of benzene rings is 1. The Bertz CT molecular complexity index is 1050. The summed E-state index contributed by atoms with van der Waals surface area (Å²) in [5.41, 5.74) is 1.42. The van der Waals surface area contributed by atoms with Crippen LogP contribution in [0.5, 0.6) is 0 Å². The molecule has 0 amide bonds. The number of thiazole rings is 1. The minimum atomic E-state index is -1.09. The molecule has 0 radical (unpaired) electrons. The van der Waals surface area contributed by atoms with Gasteiger partial charge in [0.1, 0.15) is 4.88 Å². The Morgan fingerprint density at radius 1 is 1.29 bits per heavy atom. The lowest BCUT2D eigenvalue weighted by Crippen LogP contribution is -2.17. The molecule has 0 unspecified atom stereocenters. The molecule has 0 bridgehead atoms. The average Bonchev–Trinajstić information content (AvgIpc) is 2.97. The molecular weight excluding hydrogens is 371 g/mol. The maximum atomic E-state index is 12.4. The van der Waals surface area contributed by atoms with Gasteiger partial charge in [0.25, 0.3) is 5.56 Å². The number of carbonyl (C=O) groups is 1. The number of aromatic carboxylic acids is 1. The van der Waals surface area contributed by atoms with Crippen LogP contribution in [0.25, 0.3) is 17.1 Å². The molecule has 1 N–H and O–H groups in total. The van der Waals surface area contributed by atoms with Gasteiger partial charge in [-0.15, -0.1) is 0 Å². The summed E-state index contributed by atoms with van der Waals surface area (Å²) in [5, 5.41) is 9.94. The van der Waals surface area contributed by atoms with E-state index in [1.165, 1.54) is 10.6 Å². The summed E-state index contributed by atoms with van der Waals surface area (Å²) < 4.78 is 1.25. The van der Waals surface area contributed by atoms with Crippen molar-refractivity contribution in [3.05, 3.63) is 66.5 Å². The highest BCUT2D eigenvalue weighted by molar-refractivity contribution is 7.18. The summed E-state index contributed by atoms with van der Waals surface area (Å²) in [5.74, 6) is -1.09. The van der Waals surface area contributed by atoms with Crippen molar-refractivity contribution < 1.29 is 9.90 Å². The highest BCUT2D eigenvalue weighted by Gasteiger charge is 2.13. The van der Waals surface area contributed by atoms with Gasteiger partial charge in [0.2, 0.25) is 0 Å². The molecule has 2 aromatic heterocycles. The van der Waals surface area contributed by atoms with Crippen LogP contribution in [0.15, 0.2) is 29.2 Å². The fourth-order valence-electron chi connectivity index (χ4n) is 2.10. The van der Waals surface area contributed by atoms with E-state index in [4.69, 9.17) is 28.3 Å². The zero-order valence-corrected chi connectivity index (χ0v) is 14.6. The largest absolute Gasteiger partial charge is 0.477 e. The minimum Gasteiger partial charge on any atom is -0.477 e. The molecule has 8 heteroatoms. The highest BCUT2D eigenvalue weighted by Crippen LogP contribution is 2.24. The van der Waals surface area contributed by atoms with Gasteiger partial charge in [0, 0.05) is 11.8 Å². The van der Waals surface area contributed by atoms with Gasteiger partial charge in [-0.3, -0.25) is 9.20 Å². The number of fused-ring (bicyclic) bond motifs is 1. The Morgan fingerprint density at radius 3 is 2.71 bits per heavy atom. The monoisotopic (exact) mass is 380 g/mol. The first kappa shape index (κ1) is 16.7. The van der Waals surface area contributed by atoms with Crippen LogP contribution in [0.4, 0.5) is 0 Å². The molecule has 0 saturated heterocycles. The predicted octanol–water partition coefficient (Wildman–Crippen LogP) is 4.24. The summed E-state index contributed by atoms with van der Waals surface area (Å²) in [6.07, 6.45) is 4.74. The molecule has 0 aliphatic rings. The van der Waals surface area contributed by atoms with Gasteiger partial charge in [-0.05, 0) is 30.7 Å². The van der Waals surface area contributed by atoms with Gasteiger partial charge in [-0.1, -0.05) is 46.7 Å². The second kappa shape index (κ2) is 6.39. The van der Waals surface area contributed by atoms with E-state index in [-0.39, 0.29) is 10.4 Å². The maximum Gasteiger partial charge on any atom is 0.347 e. The first-order valence-corrected chi connectivity index (χ1v) is 8.33. The van der Waals surface area contributed by atoms with Gasteiger partial charge in [-0.2, -0.15) is 0 Å². The molecule has 0 fully saturated rings. The topological polar surface area (TPSA) is 71.7 Å². The fourth-order valence-corrected chi connectivity index (χ4v) is 3.22. The Hall–Kier alpha value is -2.15. The van der Waals surface area contributed by atoms with Gasteiger partial charge in [-0.25, -0.2) is 9.78 Å². The standard InChI is InChI=1S/C16H10Cl2N2O3S/c1-8-12(5-3-9-2-4-10(17)11(18)6-9)19-16-20(14(8)21)7-13(24-16)15(22)23/h2-7H,1H3,(H,22,23). The Balaban J connectivity index is 2.07. The Morgan fingerprint density at radius 2 is 2.04 bits per heavy atom. The number of carboxylic acids is 1. The lowest BCUT2D eigenvalue weighted by atomic mass is 10.1. The van der Waals surface area contributed by atoms with Gasteiger partial charge in [0.05, 0.1) is 15.7 Å². The molecule has 0 spiro atoms. The lowest BCUT2D eigenvalue weighted by molar-refractivity contribution is 0.0702. The molecule has 5 nitrogen and oxygen atoms in total. The van der Waals surface area contributed by atoms with Crippen LogP contribution in [0.2, 0.25) is 10.0 Å². The number of nitrogens with zero attached hydrogens (tertiary/aromatic N) is 2. The van der Waals surface area contributed by atoms with E-state index in [1.54, 1.807) is 37.3 Å². The highest BCUT2D eigenvalue weighted by atomic mass is 35.5. The molecule has 0 aliphatic carbocycles. The summed E-state index contributed by atoms with van der Waals surface area (Å²) in [6.45, 7) is 1.65. The first-order chi connectivity index (χ1) is 11.4. The van der Waals surface area contributed by atoms with E-state index >= 15 is 0 Å². The van der Waals surface area contributed by atoms with Crippen molar-refractivity contribution >= 4 is 57.6 Å². The molecule has 0 aliphatic heterocycles. The second-order valence-electron chi connectivity index (χ2n) is 4.99. The van der Waals surface area contributed by atoms with Crippen LogP contribution in [0, 0.1) is 6.92 Å². The van der Waals surface area contributed by atoms with Crippen molar-refractivity contribution in [1.29, 1.82) is 0 Å². The van der Waals surface area contributed by atoms with Crippen LogP contribution in [0.3, 0.4) is 0 Å². The van der Waals surface area contributed by atoms with Crippen LogP contribution >= 0.6 is 34.5 Å².